The molecule has 0 heterocycles. The summed E-state index contributed by atoms with van der Waals surface area (Å²) in [7, 11) is 11.0. The standard InChI is InChI=1S/2C20H21.C2H6Si.2ClH.Zr/c2*1-14-12-16-6-5-7-18(19(16)13-14)15-8-10-17(11-9-15)20(2,3)4;1-3-2;;;/h2*5-13H,1-4H3;1-2H3;2*1H;/q2*-1;;;;+4/p-2. The van der Waals surface area contributed by atoms with Gasteiger partial charge in [0.2, 0.25) is 0 Å². The van der Waals surface area contributed by atoms with E-state index in [9.17, 15) is 0 Å². The molecule has 0 N–H and O–H groups in total. The Kier molecular flexibility index (Phi) is 14.3. The van der Waals surface area contributed by atoms with Gasteiger partial charge in [-0.3, -0.25) is 0 Å². The van der Waals surface area contributed by atoms with Crippen LogP contribution in [0.5, 0.6) is 0 Å². The first kappa shape index (κ1) is 38.2. The maximum atomic E-state index is 4.93. The SMILES string of the molecule is C[Si]C.Cc1cc2c(-c3ccc(C(C)(C)C)cc3)cccc2[cH-]1.Cc1cc2c(-c3ccc(C(C)(C)C)cc3)cccc2[cH-]1.[Cl][Zr+2][Cl]. The quantitative estimate of drug-likeness (QED) is 0.122. The average molecular weight is 743 g/mol. The molecule has 0 nitrogen and oxygen atoms in total. The van der Waals surface area contributed by atoms with Crippen LogP contribution in [0, 0.1) is 13.8 Å². The molecular formula is C42H48Cl2SiZr. The molecule has 0 atom stereocenters. The van der Waals surface area contributed by atoms with E-state index in [1.165, 1.54) is 66.1 Å². The molecule has 6 aromatic rings. The zero-order chi connectivity index (χ0) is 34.1. The summed E-state index contributed by atoms with van der Waals surface area (Å²) in [6.45, 7) is 22.1. The second-order valence-corrected chi connectivity index (χ2v) is 18.6. The van der Waals surface area contributed by atoms with Crippen LogP contribution >= 0.6 is 17.0 Å². The van der Waals surface area contributed by atoms with E-state index < -0.39 is 20.8 Å². The number of rotatable bonds is 2. The summed E-state index contributed by atoms with van der Waals surface area (Å²) in [6.07, 6.45) is 0. The van der Waals surface area contributed by atoms with Crippen LogP contribution in [0.3, 0.4) is 0 Å². The van der Waals surface area contributed by atoms with Crippen molar-refractivity contribution in [3.63, 3.8) is 0 Å². The number of halogens is 2. The number of aryl methyl sites for hydroxylation is 2. The number of hydrogen-bond donors (Lipinski definition) is 0. The number of hydrogen-bond acceptors (Lipinski definition) is 0. The molecule has 0 amide bonds. The molecule has 6 aromatic carbocycles. The summed E-state index contributed by atoms with van der Waals surface area (Å²) in [5, 5.41) is 5.38. The van der Waals surface area contributed by atoms with Gasteiger partial charge in [-0.15, -0.1) is 69.1 Å². The third kappa shape index (κ3) is 10.4. The summed E-state index contributed by atoms with van der Waals surface area (Å²) in [5.41, 5.74) is 11.1. The zero-order valence-electron chi connectivity index (χ0n) is 29.1. The first-order chi connectivity index (χ1) is 21.7. The summed E-state index contributed by atoms with van der Waals surface area (Å²) in [4.78, 5) is 0. The number of benzene rings is 4. The summed E-state index contributed by atoms with van der Waals surface area (Å²) in [5.74, 6) is 0. The van der Waals surface area contributed by atoms with Crippen LogP contribution in [0.1, 0.15) is 63.8 Å². The van der Waals surface area contributed by atoms with Gasteiger partial charge in [-0.25, -0.2) is 0 Å². The van der Waals surface area contributed by atoms with Crippen molar-refractivity contribution < 1.29 is 20.8 Å². The molecular weight excluding hydrogens is 695 g/mol. The van der Waals surface area contributed by atoms with Gasteiger partial charge in [-0.05, 0) is 33.1 Å². The second-order valence-electron chi connectivity index (χ2n) is 13.9. The van der Waals surface area contributed by atoms with Gasteiger partial charge in [0.1, 0.15) is 0 Å². The van der Waals surface area contributed by atoms with E-state index in [2.05, 4.69) is 178 Å². The Morgan fingerprint density at radius 3 is 1.13 bits per heavy atom. The number of fused-ring (bicyclic) bond motifs is 2. The van der Waals surface area contributed by atoms with Crippen molar-refractivity contribution in [2.24, 2.45) is 0 Å². The van der Waals surface area contributed by atoms with Crippen molar-refractivity contribution >= 4 is 48.1 Å². The Balaban J connectivity index is 0.000000214. The molecule has 0 unspecified atom stereocenters. The van der Waals surface area contributed by atoms with E-state index in [0.717, 1.165) is 9.52 Å². The fourth-order valence-electron chi connectivity index (χ4n) is 5.57. The fraction of sp³-hybridized carbons (Fsp3) is 0.286. The van der Waals surface area contributed by atoms with Gasteiger partial charge in [0.25, 0.3) is 0 Å². The molecule has 0 aliphatic rings. The Labute approximate surface area is 299 Å². The molecule has 0 saturated heterocycles. The molecule has 0 spiro atoms. The van der Waals surface area contributed by atoms with Crippen LogP contribution in [0.2, 0.25) is 13.1 Å². The molecule has 6 rings (SSSR count). The normalized spacial score (nSPS) is 11.0. The minimum absolute atomic E-state index is 0.210. The molecule has 46 heavy (non-hydrogen) atoms. The Hall–Kier alpha value is -2.22. The predicted molar refractivity (Wildman–Crippen MR) is 206 cm³/mol. The Bertz CT molecular complexity index is 1660. The zero-order valence-corrected chi connectivity index (χ0v) is 34.1. The van der Waals surface area contributed by atoms with Crippen molar-refractivity contribution in [1.29, 1.82) is 0 Å². The van der Waals surface area contributed by atoms with E-state index >= 15 is 0 Å². The third-order valence-corrected chi connectivity index (χ3v) is 7.91. The van der Waals surface area contributed by atoms with Crippen LogP contribution in [0.4, 0.5) is 0 Å². The average Bonchev–Trinajstić information content (AvgIpc) is 3.58. The molecule has 2 radical (unpaired) electrons. The van der Waals surface area contributed by atoms with Crippen LogP contribution in [0.25, 0.3) is 43.8 Å². The molecule has 4 heteroatoms. The summed E-state index contributed by atoms with van der Waals surface area (Å²) < 4.78 is 0. The molecule has 0 fully saturated rings. The van der Waals surface area contributed by atoms with Gasteiger partial charge >= 0.3 is 37.9 Å². The van der Waals surface area contributed by atoms with Gasteiger partial charge in [0.15, 0.2) is 0 Å². The van der Waals surface area contributed by atoms with Gasteiger partial charge in [-0.1, -0.05) is 140 Å². The summed E-state index contributed by atoms with van der Waals surface area (Å²) >= 11 is -0.826. The minimum atomic E-state index is -0.826. The van der Waals surface area contributed by atoms with Crippen LogP contribution in [-0.2, 0) is 31.7 Å². The van der Waals surface area contributed by atoms with E-state index in [1.807, 2.05) is 0 Å². The van der Waals surface area contributed by atoms with Gasteiger partial charge in [0.05, 0.1) is 0 Å². The first-order valence-corrected chi connectivity index (χ1v) is 24.1. The van der Waals surface area contributed by atoms with E-state index in [4.69, 9.17) is 17.0 Å². The van der Waals surface area contributed by atoms with Gasteiger partial charge < -0.3 is 0 Å². The van der Waals surface area contributed by atoms with Crippen LogP contribution in [0.15, 0.2) is 109 Å². The molecule has 0 aromatic heterocycles. The molecule has 0 bridgehead atoms. The Morgan fingerprint density at radius 2 is 0.848 bits per heavy atom. The predicted octanol–water partition coefficient (Wildman–Crippen LogP) is 13.8. The topological polar surface area (TPSA) is 0 Å². The maximum absolute atomic E-state index is 4.93. The monoisotopic (exact) mass is 740 g/mol. The van der Waals surface area contributed by atoms with Crippen molar-refractivity contribution in [1.82, 2.24) is 0 Å². The van der Waals surface area contributed by atoms with Gasteiger partial charge in [-0.2, -0.15) is 12.1 Å². The van der Waals surface area contributed by atoms with E-state index in [-0.39, 0.29) is 10.8 Å². The van der Waals surface area contributed by atoms with Crippen molar-refractivity contribution in [2.45, 2.75) is 79.3 Å². The van der Waals surface area contributed by atoms with Crippen molar-refractivity contribution in [2.75, 3.05) is 0 Å². The third-order valence-electron chi connectivity index (χ3n) is 7.91. The second kappa shape index (κ2) is 17.3. The van der Waals surface area contributed by atoms with Gasteiger partial charge in [0, 0.05) is 9.52 Å². The van der Waals surface area contributed by atoms with Crippen molar-refractivity contribution in [3.8, 4) is 22.3 Å². The van der Waals surface area contributed by atoms with Crippen molar-refractivity contribution in [3.05, 3.63) is 131 Å². The van der Waals surface area contributed by atoms with E-state index in [0.29, 0.717) is 0 Å². The van der Waals surface area contributed by atoms with Crippen LogP contribution < -0.4 is 0 Å². The first-order valence-electron chi connectivity index (χ1n) is 15.8. The van der Waals surface area contributed by atoms with Crippen LogP contribution in [-0.4, -0.2) is 9.52 Å². The molecule has 0 aliphatic carbocycles. The molecule has 0 saturated carbocycles. The van der Waals surface area contributed by atoms with E-state index in [1.54, 1.807) is 0 Å². The molecule has 238 valence electrons. The summed E-state index contributed by atoms with van der Waals surface area (Å²) in [6, 6.07) is 40.2. The fourth-order valence-corrected chi connectivity index (χ4v) is 5.57. The Morgan fingerprint density at radius 1 is 0.543 bits per heavy atom. The molecule has 0 aliphatic heterocycles.